The number of fused-ring (bicyclic) bond motifs is 1. The first-order valence-corrected chi connectivity index (χ1v) is 8.94. The van der Waals surface area contributed by atoms with Gasteiger partial charge >= 0.3 is 18.9 Å². The smallest absolute Gasteiger partial charge is 0.534 e. The number of rotatable bonds is 6. The van der Waals surface area contributed by atoms with Crippen LogP contribution in [-0.2, 0) is 22.6 Å². The normalized spacial score (nSPS) is 15.9. The van der Waals surface area contributed by atoms with E-state index in [1.165, 1.54) is 13.0 Å². The van der Waals surface area contributed by atoms with E-state index < -0.39 is 43.1 Å². The second-order valence-electron chi connectivity index (χ2n) is 6.94. The summed E-state index contributed by atoms with van der Waals surface area (Å²) < 4.78 is 45.9. The van der Waals surface area contributed by atoms with E-state index >= 15 is 0 Å². The quantitative estimate of drug-likeness (QED) is 0.525. The molecule has 3 rings (SSSR count). The minimum absolute atomic E-state index is 0.0000806. The van der Waals surface area contributed by atoms with E-state index in [0.717, 1.165) is 0 Å². The van der Waals surface area contributed by atoms with Crippen LogP contribution in [-0.4, -0.2) is 35.9 Å². The third-order valence-corrected chi connectivity index (χ3v) is 4.33. The number of esters is 1. The Morgan fingerprint density at radius 1 is 1.37 bits per heavy atom. The number of ether oxygens (including phenoxy) is 1. The molecule has 0 fully saturated rings. The van der Waals surface area contributed by atoms with E-state index in [1.54, 1.807) is 12.1 Å². The Morgan fingerprint density at radius 3 is 2.73 bits per heavy atom. The largest absolute Gasteiger partial charge is 0.547 e. The van der Waals surface area contributed by atoms with E-state index in [0.29, 0.717) is 12.5 Å². The Balaban J connectivity index is 1.71. The molecule has 0 spiro atoms. The second kappa shape index (κ2) is 8.30. The molecule has 1 aliphatic heterocycles. The molecule has 0 aliphatic carbocycles. The van der Waals surface area contributed by atoms with E-state index in [-0.39, 0.29) is 35.9 Å². The summed E-state index contributed by atoms with van der Waals surface area (Å²) in [5.41, 5.74) is 0.467. The Labute approximate surface area is 169 Å². The summed E-state index contributed by atoms with van der Waals surface area (Å²) in [6, 6.07) is 4.55. The van der Waals surface area contributed by atoms with E-state index in [4.69, 9.17) is 13.8 Å². The van der Waals surface area contributed by atoms with Crippen molar-refractivity contribution < 1.29 is 41.6 Å². The van der Waals surface area contributed by atoms with Gasteiger partial charge in [-0.2, -0.15) is 0 Å². The van der Waals surface area contributed by atoms with Gasteiger partial charge in [-0.1, -0.05) is 12.1 Å². The van der Waals surface area contributed by atoms with Crippen LogP contribution in [0.15, 0.2) is 31.8 Å². The molecule has 2 aromatic rings. The van der Waals surface area contributed by atoms with E-state index in [1.807, 2.05) is 0 Å². The fourth-order valence-corrected chi connectivity index (χ4v) is 2.96. The molecule has 2 N–H and O–H groups in total. The van der Waals surface area contributed by atoms with Gasteiger partial charge in [-0.25, -0.2) is 18.4 Å². The summed E-state index contributed by atoms with van der Waals surface area (Å²) in [4.78, 5) is 35.2. The summed E-state index contributed by atoms with van der Waals surface area (Å²) in [6.45, 7) is 1.73. The highest BCUT2D eigenvalue weighted by molar-refractivity contribution is 6.47. The van der Waals surface area contributed by atoms with Crippen molar-refractivity contribution in [2.75, 3.05) is 0 Å². The van der Waals surface area contributed by atoms with Crippen molar-refractivity contribution in [3.63, 3.8) is 0 Å². The minimum atomic E-state index is -3.19. The number of hydrogen-bond acceptors (Lipinski definition) is 8. The molecule has 9 nitrogen and oxygen atoms in total. The molecular weight excluding hydrogens is 407 g/mol. The maximum Gasteiger partial charge on any atom is 0.547 e. The lowest BCUT2D eigenvalue weighted by Gasteiger charge is -2.29. The number of amides is 1. The van der Waals surface area contributed by atoms with Crippen LogP contribution in [0.3, 0.4) is 0 Å². The van der Waals surface area contributed by atoms with Crippen molar-refractivity contribution in [2.45, 2.75) is 45.2 Å². The lowest BCUT2D eigenvalue weighted by Crippen LogP contribution is -2.53. The highest BCUT2D eigenvalue weighted by atomic mass is 19.3. The number of alkyl halides is 2. The summed E-state index contributed by atoms with van der Waals surface area (Å²) in [5.74, 6) is -6.56. The Hall–Kier alpha value is -3.15. The average Bonchev–Trinajstić information content (AvgIpc) is 2.95. The maximum atomic E-state index is 13.0. The molecule has 30 heavy (non-hydrogen) atoms. The first-order valence-electron chi connectivity index (χ1n) is 8.94. The summed E-state index contributed by atoms with van der Waals surface area (Å²) in [7, 11) is -1.56. The van der Waals surface area contributed by atoms with E-state index in [9.17, 15) is 28.2 Å². The predicted molar refractivity (Wildman–Crippen MR) is 97.0 cm³/mol. The SMILES string of the molecule is Cc1oc(=O)oc1COC(=O)c1cccc2c1OB(O)C(NC(=O)CC(C)(F)F)C2. The van der Waals surface area contributed by atoms with Crippen molar-refractivity contribution >= 4 is 19.0 Å². The molecule has 0 saturated carbocycles. The number of benzene rings is 1. The monoisotopic (exact) mass is 425 g/mol. The van der Waals surface area contributed by atoms with Gasteiger partial charge in [-0.05, 0) is 31.9 Å². The molecule has 1 aromatic carbocycles. The average molecular weight is 425 g/mol. The van der Waals surface area contributed by atoms with Gasteiger partial charge in [0.05, 0.1) is 12.4 Å². The first kappa shape index (κ1) is 21.6. The molecule has 0 radical (unpaired) electrons. The van der Waals surface area contributed by atoms with Crippen LogP contribution in [0.1, 0.15) is 40.8 Å². The Morgan fingerprint density at radius 2 is 2.10 bits per heavy atom. The number of carbonyl (C=O) groups excluding carboxylic acids is 2. The third kappa shape index (κ3) is 5.06. The standard InChI is InChI=1S/C18H18BF2NO8/c1-9-12(29-17(25)28-9)8-27-16(24)11-5-3-4-10-6-13(19(26)30-15(10)11)22-14(23)7-18(2,20)21/h3-5,13,26H,6-8H2,1-2H3,(H,22,23). The molecule has 1 unspecified atom stereocenters. The molecule has 12 heteroatoms. The molecule has 160 valence electrons. The number of halogens is 2. The van der Waals surface area contributed by atoms with Crippen molar-refractivity contribution in [3.05, 3.63) is 51.5 Å². The second-order valence-corrected chi connectivity index (χ2v) is 6.94. The molecule has 1 atom stereocenters. The number of carbonyl (C=O) groups is 2. The molecule has 1 aromatic heterocycles. The fourth-order valence-electron chi connectivity index (χ4n) is 2.96. The zero-order chi connectivity index (χ0) is 22.1. The minimum Gasteiger partial charge on any atom is -0.534 e. The van der Waals surface area contributed by atoms with E-state index in [2.05, 4.69) is 9.73 Å². The summed E-state index contributed by atoms with van der Waals surface area (Å²) in [6.07, 6.45) is -0.979. The van der Waals surface area contributed by atoms with Crippen molar-refractivity contribution in [3.8, 4) is 5.75 Å². The molecule has 0 bridgehead atoms. The molecular formula is C18H18BF2NO8. The molecule has 0 saturated heterocycles. The van der Waals surface area contributed by atoms with Crippen LogP contribution in [0.4, 0.5) is 8.78 Å². The predicted octanol–water partition coefficient (Wildman–Crippen LogP) is 1.38. The van der Waals surface area contributed by atoms with Crippen molar-refractivity contribution in [2.24, 2.45) is 0 Å². The number of hydrogen-bond donors (Lipinski definition) is 2. The third-order valence-electron chi connectivity index (χ3n) is 4.33. The Kier molecular flexibility index (Phi) is 5.97. The summed E-state index contributed by atoms with van der Waals surface area (Å²) in [5, 5.41) is 12.5. The molecule has 1 aliphatic rings. The lowest BCUT2D eigenvalue weighted by molar-refractivity contribution is -0.127. The topological polar surface area (TPSA) is 128 Å². The lowest BCUT2D eigenvalue weighted by atomic mass is 9.72. The number of nitrogens with one attached hydrogen (secondary N) is 1. The van der Waals surface area contributed by atoms with Gasteiger partial charge in [-0.15, -0.1) is 0 Å². The zero-order valence-electron chi connectivity index (χ0n) is 16.1. The van der Waals surface area contributed by atoms with Gasteiger partial charge in [0.2, 0.25) is 5.91 Å². The Bertz CT molecular complexity index is 1010. The highest BCUT2D eigenvalue weighted by Gasteiger charge is 2.39. The molecule has 1 amide bonds. The van der Waals surface area contributed by atoms with Crippen LogP contribution >= 0.6 is 0 Å². The van der Waals surface area contributed by atoms with Gasteiger partial charge in [-0.3, -0.25) is 4.79 Å². The van der Waals surface area contributed by atoms with Crippen molar-refractivity contribution in [1.82, 2.24) is 5.32 Å². The van der Waals surface area contributed by atoms with Crippen LogP contribution in [0.5, 0.6) is 5.75 Å². The molecule has 2 heterocycles. The van der Waals surface area contributed by atoms with Gasteiger partial charge < -0.3 is 28.6 Å². The van der Waals surface area contributed by atoms with Gasteiger partial charge in [0, 0.05) is 0 Å². The van der Waals surface area contributed by atoms with Crippen LogP contribution in [0.2, 0.25) is 0 Å². The van der Waals surface area contributed by atoms with Crippen LogP contribution in [0.25, 0.3) is 0 Å². The number of para-hydroxylation sites is 1. The first-order chi connectivity index (χ1) is 14.0. The number of aryl methyl sites for hydroxylation is 1. The van der Waals surface area contributed by atoms with Gasteiger partial charge in [0.25, 0.3) is 5.92 Å². The van der Waals surface area contributed by atoms with Crippen LogP contribution in [0, 0.1) is 6.92 Å². The zero-order valence-corrected chi connectivity index (χ0v) is 16.1. The van der Waals surface area contributed by atoms with Crippen LogP contribution < -0.4 is 15.8 Å². The summed E-state index contributed by atoms with van der Waals surface area (Å²) >= 11 is 0. The van der Waals surface area contributed by atoms with Gasteiger partial charge in [0.1, 0.15) is 11.3 Å². The van der Waals surface area contributed by atoms with Crippen molar-refractivity contribution in [1.29, 1.82) is 0 Å². The van der Waals surface area contributed by atoms with Gasteiger partial charge in [0.15, 0.2) is 18.1 Å². The maximum absolute atomic E-state index is 13.0. The fraction of sp³-hybridized carbons (Fsp3) is 0.389. The highest BCUT2D eigenvalue weighted by Crippen LogP contribution is 2.31.